The summed E-state index contributed by atoms with van der Waals surface area (Å²) in [6.45, 7) is 3.44. The van der Waals surface area contributed by atoms with Crippen molar-refractivity contribution in [2.75, 3.05) is 10.5 Å². The van der Waals surface area contributed by atoms with Gasteiger partial charge in [0.05, 0.1) is 10.7 Å². The minimum Gasteiger partial charge on any atom is -0.398 e. The van der Waals surface area contributed by atoms with Gasteiger partial charge in [-0.25, -0.2) is 12.8 Å². The highest BCUT2D eigenvalue weighted by atomic mass is 35.5. The Morgan fingerprint density at radius 1 is 1.19 bits per heavy atom. The van der Waals surface area contributed by atoms with Crippen LogP contribution in [-0.2, 0) is 10.0 Å². The number of nitrogens with one attached hydrogen (secondary N) is 1. The lowest BCUT2D eigenvalue weighted by atomic mass is 10.2. The molecule has 21 heavy (non-hydrogen) atoms. The lowest BCUT2D eigenvalue weighted by Crippen LogP contribution is -2.15. The van der Waals surface area contributed by atoms with Crippen LogP contribution in [0.1, 0.15) is 11.1 Å². The van der Waals surface area contributed by atoms with Crippen LogP contribution in [0.3, 0.4) is 0 Å². The van der Waals surface area contributed by atoms with Gasteiger partial charge in [-0.05, 0) is 49.2 Å². The van der Waals surface area contributed by atoms with E-state index in [2.05, 4.69) is 4.72 Å². The topological polar surface area (TPSA) is 72.2 Å². The molecule has 4 nitrogen and oxygen atoms in total. The molecule has 0 fully saturated rings. The molecule has 0 aliphatic rings. The molecule has 0 spiro atoms. The van der Waals surface area contributed by atoms with Crippen molar-refractivity contribution < 1.29 is 12.8 Å². The number of nitrogens with two attached hydrogens (primary N) is 1. The zero-order valence-electron chi connectivity index (χ0n) is 11.4. The largest absolute Gasteiger partial charge is 0.398 e. The number of nitrogen functional groups attached to an aromatic ring is 1. The minimum atomic E-state index is -4.02. The Morgan fingerprint density at radius 3 is 2.52 bits per heavy atom. The highest BCUT2D eigenvalue weighted by Crippen LogP contribution is 2.29. The Bertz CT molecular complexity index is 807. The second-order valence-corrected chi connectivity index (χ2v) is 6.79. The maximum Gasteiger partial charge on any atom is 0.263 e. The number of hydrogen-bond donors (Lipinski definition) is 2. The van der Waals surface area contributed by atoms with Gasteiger partial charge in [-0.2, -0.15) is 0 Å². The highest BCUT2D eigenvalue weighted by molar-refractivity contribution is 7.92. The molecular formula is C14H14ClFN2O2S. The molecule has 0 saturated carbocycles. The van der Waals surface area contributed by atoms with E-state index < -0.39 is 15.8 Å². The fraction of sp³-hybridized carbons (Fsp3) is 0.143. The Kier molecular flexibility index (Phi) is 4.11. The molecule has 2 aromatic rings. The summed E-state index contributed by atoms with van der Waals surface area (Å²) in [5.41, 5.74) is 7.26. The third-order valence-corrected chi connectivity index (χ3v) is 4.81. The molecule has 0 saturated heterocycles. The third-order valence-electron chi connectivity index (χ3n) is 2.98. The van der Waals surface area contributed by atoms with Gasteiger partial charge in [-0.1, -0.05) is 17.7 Å². The Labute approximate surface area is 127 Å². The van der Waals surface area contributed by atoms with Crippen molar-refractivity contribution in [3.8, 4) is 0 Å². The molecule has 3 N–H and O–H groups in total. The maximum absolute atomic E-state index is 13.7. The van der Waals surface area contributed by atoms with Crippen molar-refractivity contribution in [3.05, 3.63) is 52.3 Å². The number of rotatable bonds is 3. The Morgan fingerprint density at radius 2 is 1.86 bits per heavy atom. The molecule has 112 valence electrons. The normalized spacial score (nSPS) is 11.4. The van der Waals surface area contributed by atoms with Crippen LogP contribution in [0.4, 0.5) is 15.8 Å². The van der Waals surface area contributed by atoms with Crippen LogP contribution in [0.5, 0.6) is 0 Å². The molecule has 0 atom stereocenters. The van der Waals surface area contributed by atoms with Gasteiger partial charge in [-0.3, -0.25) is 4.72 Å². The van der Waals surface area contributed by atoms with E-state index in [9.17, 15) is 12.8 Å². The van der Waals surface area contributed by atoms with E-state index in [0.717, 1.165) is 5.56 Å². The van der Waals surface area contributed by atoms with Crippen LogP contribution in [0, 0.1) is 19.7 Å². The van der Waals surface area contributed by atoms with Gasteiger partial charge in [0.15, 0.2) is 0 Å². The quantitative estimate of drug-likeness (QED) is 0.847. The first-order valence-corrected chi connectivity index (χ1v) is 7.91. The molecule has 0 aliphatic carbocycles. The highest BCUT2D eigenvalue weighted by Gasteiger charge is 2.20. The molecule has 7 heteroatoms. The van der Waals surface area contributed by atoms with Crippen molar-refractivity contribution >= 4 is 33.0 Å². The van der Waals surface area contributed by atoms with E-state index in [0.29, 0.717) is 11.3 Å². The maximum atomic E-state index is 13.7. The van der Waals surface area contributed by atoms with Crippen molar-refractivity contribution in [1.82, 2.24) is 0 Å². The van der Waals surface area contributed by atoms with Gasteiger partial charge >= 0.3 is 0 Å². The summed E-state index contributed by atoms with van der Waals surface area (Å²) < 4.78 is 40.5. The van der Waals surface area contributed by atoms with E-state index in [-0.39, 0.29) is 15.6 Å². The minimum absolute atomic E-state index is 0.0299. The zero-order chi connectivity index (χ0) is 15.8. The second-order valence-electron chi connectivity index (χ2n) is 4.73. The van der Waals surface area contributed by atoms with Gasteiger partial charge in [0, 0.05) is 5.69 Å². The van der Waals surface area contributed by atoms with Gasteiger partial charge < -0.3 is 5.73 Å². The van der Waals surface area contributed by atoms with Gasteiger partial charge in [0.25, 0.3) is 10.0 Å². The van der Waals surface area contributed by atoms with Gasteiger partial charge in [0.1, 0.15) is 10.7 Å². The number of benzene rings is 2. The predicted molar refractivity (Wildman–Crippen MR) is 82.5 cm³/mol. The van der Waals surface area contributed by atoms with Crippen molar-refractivity contribution in [3.63, 3.8) is 0 Å². The smallest absolute Gasteiger partial charge is 0.263 e. The first-order valence-electron chi connectivity index (χ1n) is 6.05. The number of sulfonamides is 1. The number of aryl methyl sites for hydroxylation is 2. The molecule has 0 amide bonds. The molecule has 2 aromatic carbocycles. The number of anilines is 2. The first-order chi connectivity index (χ1) is 9.70. The molecule has 0 aliphatic heterocycles. The lowest BCUT2D eigenvalue weighted by Gasteiger charge is -2.12. The van der Waals surface area contributed by atoms with Crippen LogP contribution >= 0.6 is 11.6 Å². The standard InChI is InChI=1S/C14H14ClFN2O2S/c1-8-3-4-11(16)13(5-8)18-21(19,20)14-7-12(17)9(2)6-10(14)15/h3-7,18H,17H2,1-2H3. The summed E-state index contributed by atoms with van der Waals surface area (Å²) in [6, 6.07) is 6.85. The van der Waals surface area contributed by atoms with Crippen LogP contribution in [0.15, 0.2) is 35.2 Å². The third kappa shape index (κ3) is 3.28. The van der Waals surface area contributed by atoms with Crippen molar-refractivity contribution in [1.29, 1.82) is 0 Å². The first kappa shape index (κ1) is 15.6. The summed E-state index contributed by atoms with van der Waals surface area (Å²) in [6.07, 6.45) is 0. The van der Waals surface area contributed by atoms with E-state index >= 15 is 0 Å². The van der Waals surface area contributed by atoms with Crippen molar-refractivity contribution in [2.24, 2.45) is 0 Å². The SMILES string of the molecule is Cc1ccc(F)c(NS(=O)(=O)c2cc(N)c(C)cc2Cl)c1. The molecule has 0 radical (unpaired) electrons. The van der Waals surface area contributed by atoms with Gasteiger partial charge in [-0.15, -0.1) is 0 Å². The van der Waals surface area contributed by atoms with Crippen molar-refractivity contribution in [2.45, 2.75) is 18.7 Å². The molecule has 2 rings (SSSR count). The summed E-state index contributed by atoms with van der Waals surface area (Å²) in [5, 5.41) is 0.0299. The van der Waals surface area contributed by atoms with Crippen LogP contribution in [-0.4, -0.2) is 8.42 Å². The van der Waals surface area contributed by atoms with Crippen LogP contribution in [0.25, 0.3) is 0 Å². The van der Waals surface area contributed by atoms with Crippen LogP contribution < -0.4 is 10.5 Å². The Hall–Kier alpha value is -1.79. The van der Waals surface area contributed by atoms with E-state index in [4.69, 9.17) is 17.3 Å². The number of hydrogen-bond acceptors (Lipinski definition) is 3. The monoisotopic (exact) mass is 328 g/mol. The fourth-order valence-corrected chi connectivity index (χ4v) is 3.47. The summed E-state index contributed by atoms with van der Waals surface area (Å²) in [5.74, 6) is -0.666. The molecule has 0 aromatic heterocycles. The van der Waals surface area contributed by atoms with Crippen LogP contribution in [0.2, 0.25) is 5.02 Å². The molecule has 0 bridgehead atoms. The molecular weight excluding hydrogens is 315 g/mol. The van der Waals surface area contributed by atoms with E-state index in [1.54, 1.807) is 19.9 Å². The Balaban J connectivity index is 2.48. The summed E-state index contributed by atoms with van der Waals surface area (Å²) >= 11 is 5.95. The molecule has 0 unspecified atom stereocenters. The summed E-state index contributed by atoms with van der Waals surface area (Å²) in [7, 11) is -4.02. The number of halogens is 2. The lowest BCUT2D eigenvalue weighted by molar-refractivity contribution is 0.598. The van der Waals surface area contributed by atoms with E-state index in [1.165, 1.54) is 24.3 Å². The zero-order valence-corrected chi connectivity index (χ0v) is 13.0. The molecule has 0 heterocycles. The predicted octanol–water partition coefficient (Wildman–Crippen LogP) is 3.48. The fourth-order valence-electron chi connectivity index (χ4n) is 1.79. The average Bonchev–Trinajstić information content (AvgIpc) is 2.37. The van der Waals surface area contributed by atoms with E-state index in [1.807, 2.05) is 0 Å². The second kappa shape index (κ2) is 5.54. The van der Waals surface area contributed by atoms with Gasteiger partial charge in [0.2, 0.25) is 0 Å². The average molecular weight is 329 g/mol. The summed E-state index contributed by atoms with van der Waals surface area (Å²) in [4.78, 5) is -0.187.